The summed E-state index contributed by atoms with van der Waals surface area (Å²) in [5, 5.41) is 6.58. The van der Waals surface area contributed by atoms with E-state index in [4.69, 9.17) is 14.5 Å². The van der Waals surface area contributed by atoms with Crippen molar-refractivity contribution in [1.82, 2.24) is 10.2 Å². The lowest BCUT2D eigenvalue weighted by Gasteiger charge is -2.18. The van der Waals surface area contributed by atoms with Crippen LogP contribution in [0, 0.1) is 0 Å². The average Bonchev–Trinajstić information content (AvgIpc) is 3.17. The number of rotatable bonds is 8. The van der Waals surface area contributed by atoms with Crippen molar-refractivity contribution in [3.63, 3.8) is 0 Å². The van der Waals surface area contributed by atoms with E-state index in [9.17, 15) is 4.79 Å². The first-order valence-corrected chi connectivity index (χ1v) is 10.3. The van der Waals surface area contributed by atoms with Crippen molar-refractivity contribution in [1.29, 1.82) is 0 Å². The quantitative estimate of drug-likeness (QED) is 0.302. The normalized spacial score (nSPS) is 13.6. The number of hydrogen-bond acceptors (Lipinski definition) is 4. The first kappa shape index (κ1) is 24.8. The van der Waals surface area contributed by atoms with E-state index in [0.717, 1.165) is 36.3 Å². The fraction of sp³-hybridized carbons (Fsp3) is 0.391. The van der Waals surface area contributed by atoms with Crippen LogP contribution in [0.3, 0.4) is 0 Å². The third kappa shape index (κ3) is 6.75. The zero-order valence-corrected chi connectivity index (χ0v) is 20.6. The van der Waals surface area contributed by atoms with Crippen LogP contribution in [0.15, 0.2) is 47.5 Å². The van der Waals surface area contributed by atoms with Gasteiger partial charge in [0.05, 0.1) is 20.8 Å². The number of nitrogens with zero attached hydrogens (tertiary/aromatic N) is 2. The van der Waals surface area contributed by atoms with Crippen molar-refractivity contribution >= 4 is 41.5 Å². The number of guanidine groups is 1. The lowest BCUT2D eigenvalue weighted by molar-refractivity contribution is -0.128. The van der Waals surface area contributed by atoms with Gasteiger partial charge < -0.3 is 25.0 Å². The predicted octanol–water partition coefficient (Wildman–Crippen LogP) is 4.02. The molecule has 0 aromatic heterocycles. The number of likely N-dealkylation sites (tertiary alicyclic amines) is 1. The second-order valence-electron chi connectivity index (χ2n) is 7.08. The van der Waals surface area contributed by atoms with Crippen molar-refractivity contribution in [2.45, 2.75) is 32.9 Å². The van der Waals surface area contributed by atoms with Crippen molar-refractivity contribution < 1.29 is 14.3 Å². The summed E-state index contributed by atoms with van der Waals surface area (Å²) in [5.41, 5.74) is 3.10. The largest absolute Gasteiger partial charge is 0.493 e. The molecule has 0 spiro atoms. The van der Waals surface area contributed by atoms with Crippen LogP contribution in [0.5, 0.6) is 11.5 Å². The van der Waals surface area contributed by atoms with E-state index < -0.39 is 0 Å². The van der Waals surface area contributed by atoms with Crippen molar-refractivity contribution in [3.8, 4) is 11.5 Å². The number of aliphatic imine (C=N–C) groups is 1. The third-order valence-electron chi connectivity index (χ3n) is 5.05. The molecule has 1 aliphatic rings. The Kier molecular flexibility index (Phi) is 9.90. The molecule has 168 valence electrons. The molecule has 8 heteroatoms. The number of hydrogen-bond donors (Lipinski definition) is 2. The lowest BCUT2D eigenvalue weighted by Crippen LogP contribution is -2.30. The van der Waals surface area contributed by atoms with E-state index >= 15 is 0 Å². The highest BCUT2D eigenvalue weighted by Crippen LogP contribution is 2.29. The fourth-order valence-electron chi connectivity index (χ4n) is 3.46. The van der Waals surface area contributed by atoms with Crippen LogP contribution in [0.25, 0.3) is 0 Å². The van der Waals surface area contributed by atoms with E-state index in [1.807, 2.05) is 42.2 Å². The maximum Gasteiger partial charge on any atom is 0.222 e. The van der Waals surface area contributed by atoms with Gasteiger partial charge in [-0.2, -0.15) is 0 Å². The third-order valence-corrected chi connectivity index (χ3v) is 5.05. The Labute approximate surface area is 201 Å². The molecule has 1 fully saturated rings. The Hall–Kier alpha value is -2.49. The summed E-state index contributed by atoms with van der Waals surface area (Å²) in [7, 11) is 3.23. The molecule has 2 N–H and O–H groups in total. The molecule has 0 saturated carbocycles. The summed E-state index contributed by atoms with van der Waals surface area (Å²) in [4.78, 5) is 18.7. The molecule has 1 saturated heterocycles. The van der Waals surface area contributed by atoms with Crippen molar-refractivity contribution in [2.75, 3.05) is 32.6 Å². The first-order chi connectivity index (χ1) is 14.6. The van der Waals surface area contributed by atoms with Crippen LogP contribution in [0.1, 0.15) is 30.9 Å². The molecule has 2 aromatic rings. The lowest BCUT2D eigenvalue weighted by atomic mass is 10.1. The summed E-state index contributed by atoms with van der Waals surface area (Å²) >= 11 is 0. The highest BCUT2D eigenvalue weighted by Gasteiger charge is 2.20. The van der Waals surface area contributed by atoms with E-state index in [1.54, 1.807) is 14.2 Å². The van der Waals surface area contributed by atoms with Gasteiger partial charge in [-0.1, -0.05) is 24.3 Å². The Morgan fingerprint density at radius 3 is 2.48 bits per heavy atom. The summed E-state index contributed by atoms with van der Waals surface area (Å²) in [6.45, 7) is 4.76. The fourth-order valence-corrected chi connectivity index (χ4v) is 3.46. The van der Waals surface area contributed by atoms with Crippen LogP contribution in [-0.4, -0.2) is 44.1 Å². The minimum atomic E-state index is 0. The molecule has 1 amide bonds. The van der Waals surface area contributed by atoms with Crippen LogP contribution < -0.4 is 20.1 Å². The molecule has 1 heterocycles. The molecule has 1 aliphatic heterocycles. The van der Waals surface area contributed by atoms with Crippen LogP contribution in [0.4, 0.5) is 5.69 Å². The average molecular weight is 538 g/mol. The second-order valence-corrected chi connectivity index (χ2v) is 7.08. The number of carbonyl (C=O) groups is 1. The summed E-state index contributed by atoms with van der Waals surface area (Å²) < 4.78 is 10.7. The number of ether oxygens (including phenoxy) is 2. The molecule has 0 radical (unpaired) electrons. The van der Waals surface area contributed by atoms with E-state index in [1.165, 1.54) is 0 Å². The topological polar surface area (TPSA) is 75.2 Å². The SMILES string of the molecule is CCNC(=NCc1ccccc1CN1CCCC1=O)Nc1ccc(OC)c(OC)c1.I. The molecular formula is C23H31IN4O3. The second kappa shape index (κ2) is 12.4. The Morgan fingerprint density at radius 1 is 1.10 bits per heavy atom. The Bertz CT molecular complexity index is 904. The summed E-state index contributed by atoms with van der Waals surface area (Å²) in [6, 6.07) is 13.8. The molecule has 0 aliphatic carbocycles. The number of methoxy groups -OCH3 is 2. The maximum absolute atomic E-state index is 12.0. The van der Waals surface area contributed by atoms with Gasteiger partial charge in [0.25, 0.3) is 0 Å². The van der Waals surface area contributed by atoms with E-state index in [0.29, 0.717) is 37.0 Å². The van der Waals surface area contributed by atoms with Crippen LogP contribution in [-0.2, 0) is 17.9 Å². The molecular weight excluding hydrogens is 507 g/mol. The monoisotopic (exact) mass is 538 g/mol. The molecule has 7 nitrogen and oxygen atoms in total. The summed E-state index contributed by atoms with van der Waals surface area (Å²) in [6.07, 6.45) is 1.60. The number of anilines is 1. The summed E-state index contributed by atoms with van der Waals surface area (Å²) in [5.74, 6) is 2.24. The van der Waals surface area contributed by atoms with Crippen molar-refractivity contribution in [3.05, 3.63) is 53.6 Å². The van der Waals surface area contributed by atoms with Gasteiger partial charge >= 0.3 is 0 Å². The smallest absolute Gasteiger partial charge is 0.222 e. The highest BCUT2D eigenvalue weighted by atomic mass is 127. The Morgan fingerprint density at radius 2 is 1.84 bits per heavy atom. The van der Waals surface area contributed by atoms with Gasteiger partial charge in [-0.05, 0) is 36.6 Å². The molecule has 31 heavy (non-hydrogen) atoms. The molecule has 0 unspecified atom stereocenters. The number of nitrogens with one attached hydrogen (secondary N) is 2. The number of halogens is 1. The van der Waals surface area contributed by atoms with E-state index in [-0.39, 0.29) is 29.9 Å². The van der Waals surface area contributed by atoms with Gasteiger partial charge in [-0.3, -0.25) is 4.79 Å². The van der Waals surface area contributed by atoms with E-state index in [2.05, 4.69) is 22.8 Å². The van der Waals surface area contributed by atoms with Gasteiger partial charge in [-0.25, -0.2) is 4.99 Å². The molecule has 0 atom stereocenters. The zero-order chi connectivity index (χ0) is 21.3. The number of carbonyl (C=O) groups excluding carboxylic acids is 1. The first-order valence-electron chi connectivity index (χ1n) is 10.3. The molecule has 0 bridgehead atoms. The predicted molar refractivity (Wildman–Crippen MR) is 134 cm³/mol. The van der Waals surface area contributed by atoms with Crippen molar-refractivity contribution in [2.24, 2.45) is 4.99 Å². The maximum atomic E-state index is 12.0. The number of amides is 1. The van der Waals surface area contributed by atoms with Crippen LogP contribution >= 0.6 is 24.0 Å². The molecule has 3 rings (SSSR count). The van der Waals surface area contributed by atoms with Gasteiger partial charge in [0.15, 0.2) is 17.5 Å². The highest BCUT2D eigenvalue weighted by molar-refractivity contribution is 14.0. The van der Waals surface area contributed by atoms with Gasteiger partial charge in [-0.15, -0.1) is 24.0 Å². The van der Waals surface area contributed by atoms with Gasteiger partial charge in [0, 0.05) is 37.8 Å². The standard InChI is InChI=1S/C23H30N4O3.HI/c1-4-24-23(26-19-11-12-20(29-2)21(14-19)30-3)25-15-17-8-5-6-9-18(17)16-27-13-7-10-22(27)28;/h5-6,8-9,11-12,14H,4,7,10,13,15-16H2,1-3H3,(H2,24,25,26);1H. The van der Waals surface area contributed by atoms with Crippen LogP contribution in [0.2, 0.25) is 0 Å². The van der Waals surface area contributed by atoms with Gasteiger partial charge in [0.2, 0.25) is 5.91 Å². The minimum Gasteiger partial charge on any atom is -0.493 e. The molecule has 2 aromatic carbocycles. The minimum absolute atomic E-state index is 0. The van der Waals surface area contributed by atoms with Gasteiger partial charge in [0.1, 0.15) is 0 Å². The Balaban J connectivity index is 0.00000341. The zero-order valence-electron chi connectivity index (χ0n) is 18.3. The number of benzene rings is 2.